The summed E-state index contributed by atoms with van der Waals surface area (Å²) in [6.45, 7) is 10.4. The van der Waals surface area contributed by atoms with E-state index in [9.17, 15) is 50.7 Å². The zero-order valence-electron chi connectivity index (χ0n) is 43.2. The molecule has 0 aromatic heterocycles. The maximum atomic E-state index is 15.3. The molecule has 410 valence electrons. The Morgan fingerprint density at radius 1 is 0.757 bits per heavy atom. The van der Waals surface area contributed by atoms with Gasteiger partial charge >= 0.3 is 0 Å². The van der Waals surface area contributed by atoms with Gasteiger partial charge in [0.1, 0.15) is 77.6 Å². The molecule has 24 heteroatoms. The third-order valence-corrected chi connectivity index (χ3v) is 16.5. The van der Waals surface area contributed by atoms with Crippen LogP contribution in [0.25, 0.3) is 0 Å². The Morgan fingerprint density at radius 3 is 2.04 bits per heavy atom. The van der Waals surface area contributed by atoms with E-state index in [1.807, 2.05) is 0 Å². The highest BCUT2D eigenvalue weighted by atomic mass is 16.8. The summed E-state index contributed by atoms with van der Waals surface area (Å²) >= 11 is 0. The van der Waals surface area contributed by atoms with Gasteiger partial charge in [0, 0.05) is 61.9 Å². The van der Waals surface area contributed by atoms with Gasteiger partial charge in [0.05, 0.1) is 47.5 Å². The molecule has 4 saturated heterocycles. The minimum Gasteiger partial charge on any atom is -0.507 e. The average molecular weight is 1050 g/mol. The van der Waals surface area contributed by atoms with Crippen molar-refractivity contribution in [2.75, 3.05) is 35.4 Å². The maximum Gasteiger partial charge on any atom is 0.252 e. The summed E-state index contributed by atoms with van der Waals surface area (Å²) in [6.07, 6.45) is -22.6. The topological polar surface area (TPSA) is 324 Å². The number of nitrogens with zero attached hydrogens (tertiary/aromatic N) is 2. The summed E-state index contributed by atoms with van der Waals surface area (Å²) in [4.78, 5) is 44.3. The largest absolute Gasteiger partial charge is 0.507 e. The lowest BCUT2D eigenvalue weighted by molar-refractivity contribution is -0.599. The molecule has 9 rings (SSSR count). The number of likely N-dealkylation sites (N-methyl/N-ethyl adjacent to an activating group) is 1. The second-order valence-electron chi connectivity index (χ2n) is 21.8. The summed E-state index contributed by atoms with van der Waals surface area (Å²) in [7, 11) is 7.22. The van der Waals surface area contributed by atoms with E-state index in [4.69, 9.17) is 52.1 Å². The van der Waals surface area contributed by atoms with Crippen molar-refractivity contribution in [3.8, 4) is 11.5 Å². The van der Waals surface area contributed by atoms with Crippen LogP contribution in [0.1, 0.15) is 110 Å². The molecule has 22 atom stereocenters. The van der Waals surface area contributed by atoms with E-state index in [0.29, 0.717) is 0 Å². The number of benzene rings is 2. The van der Waals surface area contributed by atoms with Gasteiger partial charge < -0.3 is 92.8 Å². The number of fused-ring (bicyclic) bond motifs is 8. The number of ether oxygens (including phenoxy) is 11. The molecule has 2 aliphatic carbocycles. The fourth-order valence-electron chi connectivity index (χ4n) is 12.5. The first-order chi connectivity index (χ1) is 34.6. The van der Waals surface area contributed by atoms with Crippen molar-refractivity contribution in [2.24, 2.45) is 0 Å². The fraction of sp³-hybridized carbons (Fsp3) is 0.720. The molecule has 7 aliphatic rings. The van der Waals surface area contributed by atoms with E-state index in [1.165, 1.54) is 74.1 Å². The summed E-state index contributed by atoms with van der Waals surface area (Å²) in [5.41, 5.74) is -7.78. The van der Waals surface area contributed by atoms with E-state index < -0.39 is 167 Å². The molecule has 0 radical (unpaired) electrons. The molecule has 74 heavy (non-hydrogen) atoms. The lowest BCUT2D eigenvalue weighted by Gasteiger charge is -2.56. The van der Waals surface area contributed by atoms with Gasteiger partial charge in [0.2, 0.25) is 12.1 Å². The van der Waals surface area contributed by atoms with Crippen LogP contribution in [0.4, 0.5) is 0 Å². The number of methoxy groups -OCH3 is 3. The van der Waals surface area contributed by atoms with E-state index >= 15 is 4.79 Å². The van der Waals surface area contributed by atoms with Crippen molar-refractivity contribution >= 4 is 11.6 Å². The Hall–Kier alpha value is -3.90. The third kappa shape index (κ3) is 8.31. The van der Waals surface area contributed by atoms with Crippen molar-refractivity contribution in [3.63, 3.8) is 0 Å². The van der Waals surface area contributed by atoms with Gasteiger partial charge in [-0.25, -0.2) is 0 Å². The average Bonchev–Trinajstić information content (AvgIpc) is 3.31. The van der Waals surface area contributed by atoms with E-state index in [-0.39, 0.29) is 45.6 Å². The zero-order valence-corrected chi connectivity index (χ0v) is 43.2. The first kappa shape index (κ1) is 54.9. The van der Waals surface area contributed by atoms with Gasteiger partial charge in [0.15, 0.2) is 30.8 Å². The molecular weight excluding hydrogens is 981 g/mol. The number of aliphatic hydroxyl groups excluding tert-OH is 4. The highest BCUT2D eigenvalue weighted by Crippen LogP contribution is 2.55. The van der Waals surface area contributed by atoms with Crippen LogP contribution >= 0.6 is 0 Å². The van der Waals surface area contributed by atoms with E-state index in [2.05, 4.69) is 0 Å². The van der Waals surface area contributed by atoms with Crippen molar-refractivity contribution in [1.82, 2.24) is 4.90 Å². The van der Waals surface area contributed by atoms with Crippen molar-refractivity contribution in [3.05, 3.63) is 67.3 Å². The number of hydrogen-bond acceptors (Lipinski definition) is 23. The fourth-order valence-corrected chi connectivity index (χ4v) is 12.5. The van der Waals surface area contributed by atoms with Crippen LogP contribution in [0.5, 0.6) is 11.5 Å². The van der Waals surface area contributed by atoms with Crippen molar-refractivity contribution in [2.45, 2.75) is 194 Å². The second-order valence-corrected chi connectivity index (χ2v) is 21.8. The van der Waals surface area contributed by atoms with Crippen LogP contribution in [0.3, 0.4) is 0 Å². The minimum absolute atomic E-state index is 0.0222. The first-order valence-corrected chi connectivity index (χ1v) is 24.6. The Labute approximate surface area is 426 Å². The molecule has 0 saturated carbocycles. The Bertz CT molecular complexity index is 2540. The smallest absolute Gasteiger partial charge is 0.252 e. The van der Waals surface area contributed by atoms with Crippen LogP contribution in [-0.4, -0.2) is 214 Å². The third-order valence-electron chi connectivity index (χ3n) is 16.5. The lowest BCUT2D eigenvalue weighted by Crippen LogP contribution is -2.70. The predicted octanol–water partition coefficient (Wildman–Crippen LogP) is 0.0964. The van der Waals surface area contributed by atoms with Crippen LogP contribution in [-0.2, 0) is 59.4 Å². The monoisotopic (exact) mass is 1050 g/mol. The van der Waals surface area contributed by atoms with Gasteiger partial charge in [0.25, 0.3) is 5.54 Å². The quantitative estimate of drug-likeness (QED) is 0.0989. The normalized spacial score (nSPS) is 44.7. The number of rotatable bonds is 11. The van der Waals surface area contributed by atoms with E-state index in [1.54, 1.807) is 32.8 Å². The molecule has 22 unspecified atom stereocenters. The highest BCUT2D eigenvalue weighted by Gasteiger charge is 2.64. The number of nitro groups is 1. The Kier molecular flexibility index (Phi) is 14.3. The highest BCUT2D eigenvalue weighted by molar-refractivity contribution is 6.30. The number of hydrogen-bond donors (Lipinski definition) is 7. The molecule has 4 fully saturated rings. The van der Waals surface area contributed by atoms with Gasteiger partial charge in [-0.05, 0) is 73.3 Å². The standard InChI is InChI=1S/C50H68N2O22/c1-18-30(53)35(58)38(64-10)45(68-18)73-40-20(3)67-25(17-47(40,4)52(62)63)70-41-29(51(8)9)34(57)44-71-36-24(50(41,7)74-44)14-13-22-28(36)33(56)27-23(31(22)54)15-21-16-48(5,60)42(65-11)37(26(21)32(27)55)72-46-43(66-12)49(6,61)39(59)19(2)69-46/h13-15,18-20,25,29-30,34-35,37-46,53,55,57-61H,16-17H2,1-12H3. The Balaban J connectivity index is 1.08. The van der Waals surface area contributed by atoms with Crippen LogP contribution < -0.4 is 4.74 Å². The SMILES string of the molecule is COC1C(OC2C(C)OC(OC3C(N(C)C)C(O)C4Oc5c(ccc6c5C(=O)c5c(cc7c(c5O)C(OC5OC(C)C(O)C(C)(O)C5OC)C(OC)C(C)(O)C7)C6=O)C3(C)O4)CC2(C)[N+](=O)[O-])OC(C)C(O)C1O. The van der Waals surface area contributed by atoms with Crippen LogP contribution in [0.15, 0.2) is 18.2 Å². The number of ketones is 2. The molecule has 2 bridgehead atoms. The zero-order chi connectivity index (χ0) is 54.2. The molecule has 7 N–H and O–H groups in total. The molecule has 2 aromatic rings. The summed E-state index contributed by atoms with van der Waals surface area (Å²) in [5.74, 6) is -2.37. The number of aliphatic hydroxyl groups is 6. The molecule has 0 amide bonds. The molecule has 2 aromatic carbocycles. The van der Waals surface area contributed by atoms with Crippen molar-refractivity contribution < 1.29 is 102 Å². The number of carbonyl (C=O) groups excluding carboxylic acids is 2. The number of phenols is 1. The summed E-state index contributed by atoms with van der Waals surface area (Å²) in [6, 6.07) is 3.39. The van der Waals surface area contributed by atoms with Crippen molar-refractivity contribution in [1.29, 1.82) is 0 Å². The molecule has 0 spiro atoms. The van der Waals surface area contributed by atoms with Gasteiger partial charge in [-0.1, -0.05) is 6.07 Å². The second kappa shape index (κ2) is 19.2. The van der Waals surface area contributed by atoms with Gasteiger partial charge in [-0.3, -0.25) is 19.7 Å². The van der Waals surface area contributed by atoms with E-state index in [0.717, 1.165) is 0 Å². The molecular formula is C50H68N2O22. The molecule has 5 heterocycles. The summed E-state index contributed by atoms with van der Waals surface area (Å²) in [5, 5.41) is 93.0. The maximum absolute atomic E-state index is 15.3. The summed E-state index contributed by atoms with van der Waals surface area (Å²) < 4.78 is 67.3. The first-order valence-electron chi connectivity index (χ1n) is 24.6. The lowest BCUT2D eigenvalue weighted by atomic mass is 9.71. The Morgan fingerprint density at radius 2 is 1.42 bits per heavy atom. The molecule has 24 nitrogen and oxygen atoms in total. The predicted molar refractivity (Wildman–Crippen MR) is 250 cm³/mol. The van der Waals surface area contributed by atoms with Gasteiger partial charge in [-0.2, -0.15) is 0 Å². The number of phenolic OH excluding ortho intramolecular Hbond substituents is 1. The number of carbonyl (C=O) groups is 2. The van der Waals surface area contributed by atoms with Gasteiger partial charge in [-0.15, -0.1) is 0 Å². The van der Waals surface area contributed by atoms with Crippen LogP contribution in [0, 0.1) is 10.1 Å². The minimum atomic E-state index is -1.94. The molecule has 5 aliphatic heterocycles. The van der Waals surface area contributed by atoms with Crippen LogP contribution in [0.2, 0.25) is 0 Å². The number of aromatic hydroxyl groups is 1.